The summed E-state index contributed by atoms with van der Waals surface area (Å²) < 4.78 is 8.53. The van der Waals surface area contributed by atoms with Crippen LogP contribution in [0, 0.1) is 0 Å². The maximum absolute atomic E-state index is 15.8. The maximum Gasteiger partial charge on any atom is 0.264 e. The lowest BCUT2D eigenvalue weighted by Crippen LogP contribution is -2.47. The predicted molar refractivity (Wildman–Crippen MR) is 317 cm³/mol. The topological polar surface area (TPSA) is 94.5 Å². The summed E-state index contributed by atoms with van der Waals surface area (Å²) in [6.07, 6.45) is 1.60. The third-order valence-corrected chi connectivity index (χ3v) is 17.7. The fourth-order valence-electron chi connectivity index (χ4n) is 14.4. The van der Waals surface area contributed by atoms with Crippen LogP contribution in [0.2, 0.25) is 0 Å². The standard InChI is InChI=1S/C70H46N6O4/c77-67-63-59(73-51-25-9-1-17-43(51)44-18-2-10-26-52(44)73)37-38-60(74-53-27-11-3-19-45(53)46-20-4-12-28-54(46)74)64(63)68(78)71(67)41-33-35-42(36-34-41)72-69(79)65-61(75-55-29-13-5-21-47(55)48-22-6-14-30-56(48)75)39-40-62(66(65)70(72)80)76-57-31-15-7-23-49(57)50-24-8-16-32-58(50)76/h1-32,37-42H,33-36H2. The highest BCUT2D eigenvalue weighted by Crippen LogP contribution is 2.46. The number of hydrogen-bond acceptors (Lipinski definition) is 4. The minimum absolute atomic E-state index is 0.347. The Morgan fingerprint density at radius 2 is 0.388 bits per heavy atom. The molecule has 14 aromatic rings. The zero-order chi connectivity index (χ0) is 53.1. The number of fused-ring (bicyclic) bond motifs is 14. The van der Waals surface area contributed by atoms with E-state index in [1.165, 1.54) is 9.80 Å². The first-order valence-corrected chi connectivity index (χ1v) is 27.5. The summed E-state index contributed by atoms with van der Waals surface area (Å²) in [5, 5.41) is 8.39. The molecule has 0 atom stereocenters. The van der Waals surface area contributed by atoms with Crippen molar-refractivity contribution in [1.29, 1.82) is 0 Å². The summed E-state index contributed by atoms with van der Waals surface area (Å²) in [6, 6.07) is 72.7. The van der Waals surface area contributed by atoms with Gasteiger partial charge in [0.2, 0.25) is 0 Å². The number of para-hydroxylation sites is 8. The number of benzene rings is 10. The van der Waals surface area contributed by atoms with Crippen LogP contribution in [0.25, 0.3) is 110 Å². The van der Waals surface area contributed by atoms with E-state index in [2.05, 4.69) is 115 Å². The molecule has 17 rings (SSSR count). The zero-order valence-electron chi connectivity index (χ0n) is 43.1. The molecule has 0 spiro atoms. The summed E-state index contributed by atoms with van der Waals surface area (Å²) in [5.74, 6) is -1.39. The molecule has 4 aromatic heterocycles. The number of amides is 4. The highest BCUT2D eigenvalue weighted by molar-refractivity contribution is 6.28. The van der Waals surface area contributed by atoms with Crippen molar-refractivity contribution in [3.63, 3.8) is 0 Å². The van der Waals surface area contributed by atoms with Crippen molar-refractivity contribution in [2.24, 2.45) is 0 Å². The summed E-state index contributed by atoms with van der Waals surface area (Å²) in [5.41, 5.74) is 11.5. The van der Waals surface area contributed by atoms with Gasteiger partial charge in [-0.05, 0) is 98.5 Å². The van der Waals surface area contributed by atoms with Crippen LogP contribution in [0.1, 0.15) is 67.1 Å². The second-order valence-electron chi connectivity index (χ2n) is 21.6. The third-order valence-electron chi connectivity index (χ3n) is 17.7. The molecule has 1 aliphatic carbocycles. The van der Waals surface area contributed by atoms with Crippen LogP contribution in [-0.4, -0.2) is 63.8 Å². The molecule has 0 radical (unpaired) electrons. The quantitative estimate of drug-likeness (QED) is 0.155. The largest absolute Gasteiger partial charge is 0.308 e. The second kappa shape index (κ2) is 16.6. The highest BCUT2D eigenvalue weighted by atomic mass is 16.2. The Labute approximate surface area is 457 Å². The summed E-state index contributed by atoms with van der Waals surface area (Å²) in [7, 11) is 0. The molecule has 0 saturated heterocycles. The summed E-state index contributed by atoms with van der Waals surface area (Å²) in [6.45, 7) is 0. The molecule has 3 aliphatic rings. The van der Waals surface area contributed by atoms with Crippen LogP contribution in [0.3, 0.4) is 0 Å². The van der Waals surface area contributed by atoms with Gasteiger partial charge in [0.25, 0.3) is 23.6 Å². The van der Waals surface area contributed by atoms with E-state index in [1.54, 1.807) is 0 Å². The van der Waals surface area contributed by atoms with E-state index < -0.39 is 12.1 Å². The van der Waals surface area contributed by atoms with Crippen LogP contribution < -0.4 is 0 Å². The Balaban J connectivity index is 0.786. The SMILES string of the molecule is O=C1c2c(-n3c4ccccc4c4ccccc43)ccc(-n3c4ccccc4c4ccccc43)c2C(=O)N1C1CCC(N2C(=O)c3c(-n4c5ccccc5c5ccccc54)ccc(-n4c5ccccc5c5ccccc54)c3C2=O)CC1. The lowest BCUT2D eigenvalue weighted by Gasteiger charge is -2.36. The Morgan fingerprint density at radius 3 is 0.562 bits per heavy atom. The fourth-order valence-corrected chi connectivity index (χ4v) is 14.4. The maximum atomic E-state index is 15.8. The number of aromatic nitrogens is 4. The van der Waals surface area contributed by atoms with Crippen LogP contribution in [0.5, 0.6) is 0 Å². The normalized spacial score (nSPS) is 16.6. The lowest BCUT2D eigenvalue weighted by molar-refractivity contribution is 0.0424. The van der Waals surface area contributed by atoms with Crippen LogP contribution >= 0.6 is 0 Å². The number of carbonyl (C=O) groups excluding carboxylic acids is 4. The number of nitrogens with zero attached hydrogens (tertiary/aromatic N) is 6. The molecule has 10 nitrogen and oxygen atoms in total. The minimum Gasteiger partial charge on any atom is -0.308 e. The monoisotopic (exact) mass is 1030 g/mol. The molecule has 2 aliphatic heterocycles. The molecule has 80 heavy (non-hydrogen) atoms. The van der Waals surface area contributed by atoms with E-state index in [4.69, 9.17) is 0 Å². The van der Waals surface area contributed by atoms with E-state index in [9.17, 15) is 0 Å². The molecule has 1 fully saturated rings. The zero-order valence-corrected chi connectivity index (χ0v) is 43.1. The highest BCUT2D eigenvalue weighted by Gasteiger charge is 2.49. The van der Waals surface area contributed by atoms with Gasteiger partial charge in [0.05, 0.1) is 89.1 Å². The third kappa shape index (κ3) is 5.91. The molecule has 4 amide bonds. The van der Waals surface area contributed by atoms with Crippen molar-refractivity contribution in [2.75, 3.05) is 0 Å². The van der Waals surface area contributed by atoms with Gasteiger partial charge in [-0.3, -0.25) is 29.0 Å². The van der Waals surface area contributed by atoms with E-state index in [0.717, 1.165) is 87.2 Å². The molecule has 0 unspecified atom stereocenters. The van der Waals surface area contributed by atoms with Gasteiger partial charge in [-0.2, -0.15) is 0 Å². The first-order valence-electron chi connectivity index (χ1n) is 27.5. The van der Waals surface area contributed by atoms with Crippen LogP contribution in [0.15, 0.2) is 218 Å². The van der Waals surface area contributed by atoms with Gasteiger partial charge < -0.3 is 18.3 Å². The number of imide groups is 2. The first kappa shape index (κ1) is 44.8. The molecule has 10 aromatic carbocycles. The van der Waals surface area contributed by atoms with Crippen LogP contribution in [-0.2, 0) is 0 Å². The van der Waals surface area contributed by atoms with Crippen molar-refractivity contribution in [3.8, 4) is 22.7 Å². The second-order valence-corrected chi connectivity index (χ2v) is 21.6. The molecular formula is C70H46N6O4. The first-order chi connectivity index (χ1) is 39.4. The molecule has 6 heterocycles. The van der Waals surface area contributed by atoms with Gasteiger partial charge in [-0.15, -0.1) is 0 Å². The summed E-state index contributed by atoms with van der Waals surface area (Å²) >= 11 is 0. The van der Waals surface area contributed by atoms with Gasteiger partial charge in [-0.1, -0.05) is 146 Å². The van der Waals surface area contributed by atoms with E-state index >= 15 is 19.2 Å². The number of hydrogen-bond donors (Lipinski definition) is 0. The Hall–Kier alpha value is -10.3. The molecule has 10 heteroatoms. The minimum atomic E-state index is -0.493. The average molecular weight is 1040 g/mol. The lowest BCUT2D eigenvalue weighted by atomic mass is 9.89. The Morgan fingerprint density at radius 1 is 0.225 bits per heavy atom. The van der Waals surface area contributed by atoms with Gasteiger partial charge in [0.15, 0.2) is 0 Å². The van der Waals surface area contributed by atoms with Crippen LogP contribution in [0.4, 0.5) is 0 Å². The predicted octanol–water partition coefficient (Wildman–Crippen LogP) is 15.3. The number of rotatable bonds is 6. The average Bonchev–Trinajstić information content (AvgIpc) is 4.46. The van der Waals surface area contributed by atoms with Crippen molar-refractivity contribution in [2.45, 2.75) is 37.8 Å². The van der Waals surface area contributed by atoms with Gasteiger partial charge >= 0.3 is 0 Å². The number of carbonyl (C=O) groups is 4. The van der Waals surface area contributed by atoms with E-state index in [-0.39, 0.29) is 23.6 Å². The van der Waals surface area contributed by atoms with Gasteiger partial charge in [-0.25, -0.2) is 0 Å². The Kier molecular flexibility index (Phi) is 9.29. The van der Waals surface area contributed by atoms with Gasteiger partial charge in [0, 0.05) is 55.2 Å². The summed E-state index contributed by atoms with van der Waals surface area (Å²) in [4.78, 5) is 66.1. The fraction of sp³-hybridized carbons (Fsp3) is 0.0857. The molecule has 380 valence electrons. The Bertz CT molecular complexity index is 4260. The van der Waals surface area contributed by atoms with E-state index in [1.807, 2.05) is 121 Å². The van der Waals surface area contributed by atoms with Gasteiger partial charge in [0.1, 0.15) is 0 Å². The van der Waals surface area contributed by atoms with Crippen molar-refractivity contribution < 1.29 is 19.2 Å². The van der Waals surface area contributed by atoms with Crippen molar-refractivity contribution in [3.05, 3.63) is 241 Å². The molecule has 0 bridgehead atoms. The molecule has 1 saturated carbocycles. The smallest absolute Gasteiger partial charge is 0.264 e. The molecule has 0 N–H and O–H groups in total. The van der Waals surface area contributed by atoms with Crippen molar-refractivity contribution >= 4 is 111 Å². The van der Waals surface area contributed by atoms with Crippen molar-refractivity contribution in [1.82, 2.24) is 28.1 Å². The van der Waals surface area contributed by atoms with E-state index in [0.29, 0.717) is 70.7 Å². The molecular weight excluding hydrogens is 989 g/mol.